The van der Waals surface area contributed by atoms with E-state index in [1.54, 1.807) is 30.3 Å². The van der Waals surface area contributed by atoms with Gasteiger partial charge in [0.25, 0.3) is 0 Å². The third-order valence-corrected chi connectivity index (χ3v) is 3.33. The van der Waals surface area contributed by atoms with Crippen LogP contribution in [0, 0.1) is 17.7 Å². The normalized spacial score (nSPS) is 9.46. The highest BCUT2D eigenvalue weighted by atomic mass is 19.1. The Bertz CT molecular complexity index is 936. The highest BCUT2D eigenvalue weighted by Gasteiger charge is 2.05. The van der Waals surface area contributed by atoms with Crippen LogP contribution in [0.25, 0.3) is 0 Å². The summed E-state index contributed by atoms with van der Waals surface area (Å²) in [5.74, 6) is 4.72. The van der Waals surface area contributed by atoms with Gasteiger partial charge < -0.3 is 14.2 Å². The second kappa shape index (κ2) is 10.3. The molecule has 0 N–H and O–H groups in total. The average molecular weight is 380 g/mol. The number of ketones is 1. The number of hydrogen-bond donors (Lipinski definition) is 0. The molecular weight excluding hydrogens is 363 g/mol. The third kappa shape index (κ3) is 6.46. The van der Waals surface area contributed by atoms with Gasteiger partial charge in [-0.05, 0) is 48.5 Å². The average Bonchev–Trinajstić information content (AvgIpc) is 2.72. The Morgan fingerprint density at radius 1 is 0.964 bits per heavy atom. The maximum absolute atomic E-state index is 14.0. The van der Waals surface area contributed by atoms with E-state index < -0.39 is 18.6 Å². The van der Waals surface area contributed by atoms with Gasteiger partial charge in [0.1, 0.15) is 5.75 Å². The van der Waals surface area contributed by atoms with Gasteiger partial charge in [-0.3, -0.25) is 4.79 Å². The Labute approximate surface area is 162 Å². The minimum absolute atomic E-state index is 0.0574. The molecule has 5 nitrogen and oxygen atoms in total. The predicted molar refractivity (Wildman–Crippen MR) is 101 cm³/mol. The summed E-state index contributed by atoms with van der Waals surface area (Å²) in [6, 6.07) is 11.0. The van der Waals surface area contributed by atoms with E-state index in [2.05, 4.69) is 29.7 Å². The van der Waals surface area contributed by atoms with E-state index in [-0.39, 0.29) is 18.1 Å². The molecule has 0 aliphatic heterocycles. The molecule has 0 saturated heterocycles. The molecule has 2 rings (SSSR count). The minimum Gasteiger partial charge on any atom is -0.485 e. The van der Waals surface area contributed by atoms with Gasteiger partial charge in [0.15, 0.2) is 24.0 Å². The molecule has 0 amide bonds. The summed E-state index contributed by atoms with van der Waals surface area (Å²) in [6.07, 6.45) is 2.18. The molecule has 0 unspecified atom stereocenters. The van der Waals surface area contributed by atoms with Gasteiger partial charge in [-0.15, -0.1) is 0 Å². The zero-order chi connectivity index (χ0) is 20.4. The molecule has 2 aromatic carbocycles. The van der Waals surface area contributed by atoms with E-state index in [4.69, 9.17) is 9.47 Å². The summed E-state index contributed by atoms with van der Waals surface area (Å²) >= 11 is 0. The lowest BCUT2D eigenvalue weighted by molar-refractivity contribution is -0.144. The Morgan fingerprint density at radius 2 is 1.64 bits per heavy atom. The van der Waals surface area contributed by atoms with E-state index in [1.165, 1.54) is 18.2 Å². The van der Waals surface area contributed by atoms with E-state index in [9.17, 15) is 14.0 Å². The first-order valence-electron chi connectivity index (χ1n) is 8.13. The quantitative estimate of drug-likeness (QED) is 0.304. The number of esters is 1. The summed E-state index contributed by atoms with van der Waals surface area (Å²) in [7, 11) is 0. The number of carbonyl (C=O) groups excluding carboxylic acids is 2. The molecule has 0 aliphatic carbocycles. The molecule has 6 heteroatoms. The molecular formula is C22H17FO5. The fraction of sp³-hybridized carbons (Fsp3) is 0.0909. The van der Waals surface area contributed by atoms with Crippen LogP contribution in [-0.2, 0) is 14.3 Å². The Hall–Kier alpha value is -3.85. The van der Waals surface area contributed by atoms with Crippen LogP contribution in [0.4, 0.5) is 4.39 Å². The van der Waals surface area contributed by atoms with Crippen LogP contribution < -0.4 is 9.47 Å². The molecule has 0 fully saturated rings. The molecule has 0 atom stereocenters. The summed E-state index contributed by atoms with van der Waals surface area (Å²) in [6.45, 7) is 6.12. The van der Waals surface area contributed by atoms with Crippen molar-refractivity contribution in [3.63, 3.8) is 0 Å². The van der Waals surface area contributed by atoms with E-state index >= 15 is 0 Å². The van der Waals surface area contributed by atoms with Gasteiger partial charge in [0, 0.05) is 17.2 Å². The lowest BCUT2D eigenvalue weighted by Gasteiger charge is -2.07. The largest absolute Gasteiger partial charge is 0.485 e. The molecule has 0 radical (unpaired) electrons. The molecule has 0 aliphatic rings. The maximum atomic E-state index is 14.0. The highest BCUT2D eigenvalue weighted by molar-refractivity contribution is 5.90. The topological polar surface area (TPSA) is 61.8 Å². The molecule has 0 bridgehead atoms. The Morgan fingerprint density at radius 3 is 2.29 bits per heavy atom. The SMILES string of the molecule is C=CC(=O)COc1ccc(C#Cc2ccc(OCOC(=O)C=C)c(F)c2)cc1. The van der Waals surface area contributed by atoms with Gasteiger partial charge in [-0.2, -0.15) is 0 Å². The summed E-state index contributed by atoms with van der Waals surface area (Å²) in [4.78, 5) is 22.0. The highest BCUT2D eigenvalue weighted by Crippen LogP contribution is 2.18. The smallest absolute Gasteiger partial charge is 0.333 e. The zero-order valence-electron chi connectivity index (χ0n) is 14.9. The summed E-state index contributed by atoms with van der Waals surface area (Å²) in [5, 5.41) is 0. The molecule has 28 heavy (non-hydrogen) atoms. The molecule has 2 aromatic rings. The van der Waals surface area contributed by atoms with Gasteiger partial charge >= 0.3 is 5.97 Å². The number of hydrogen-bond acceptors (Lipinski definition) is 5. The van der Waals surface area contributed by atoms with E-state index in [1.807, 2.05) is 0 Å². The van der Waals surface area contributed by atoms with Crippen LogP contribution in [0.1, 0.15) is 11.1 Å². The molecule has 0 aromatic heterocycles. The second-order valence-corrected chi connectivity index (χ2v) is 5.31. The summed E-state index contributed by atoms with van der Waals surface area (Å²) in [5.41, 5.74) is 1.14. The first-order chi connectivity index (χ1) is 13.5. The number of carbonyl (C=O) groups is 2. The van der Waals surface area contributed by atoms with Crippen LogP contribution in [0.5, 0.6) is 11.5 Å². The Kier molecular flexibility index (Phi) is 7.55. The third-order valence-electron chi connectivity index (χ3n) is 3.33. The van der Waals surface area contributed by atoms with Crippen LogP contribution in [0.15, 0.2) is 67.8 Å². The van der Waals surface area contributed by atoms with Crippen molar-refractivity contribution in [2.45, 2.75) is 0 Å². The van der Waals surface area contributed by atoms with Gasteiger partial charge in [0.2, 0.25) is 6.79 Å². The van der Waals surface area contributed by atoms with Crippen molar-refractivity contribution in [1.29, 1.82) is 0 Å². The van der Waals surface area contributed by atoms with E-state index in [0.29, 0.717) is 16.9 Å². The maximum Gasteiger partial charge on any atom is 0.333 e. The van der Waals surface area contributed by atoms with Crippen molar-refractivity contribution in [3.05, 3.63) is 84.7 Å². The fourth-order valence-electron chi connectivity index (χ4n) is 1.90. The number of ether oxygens (including phenoxy) is 3. The van der Waals surface area contributed by atoms with Gasteiger partial charge in [-0.1, -0.05) is 25.0 Å². The Balaban J connectivity index is 1.96. The van der Waals surface area contributed by atoms with Crippen LogP contribution >= 0.6 is 0 Å². The van der Waals surface area contributed by atoms with Crippen molar-refractivity contribution in [3.8, 4) is 23.3 Å². The molecule has 0 spiro atoms. The zero-order valence-corrected chi connectivity index (χ0v) is 14.9. The fourth-order valence-corrected chi connectivity index (χ4v) is 1.90. The lowest BCUT2D eigenvalue weighted by Crippen LogP contribution is -2.08. The van der Waals surface area contributed by atoms with Crippen LogP contribution in [-0.4, -0.2) is 25.2 Å². The monoisotopic (exact) mass is 380 g/mol. The number of rotatable bonds is 8. The van der Waals surface area contributed by atoms with Crippen LogP contribution in [0.2, 0.25) is 0 Å². The van der Waals surface area contributed by atoms with Crippen LogP contribution in [0.3, 0.4) is 0 Å². The van der Waals surface area contributed by atoms with E-state index in [0.717, 1.165) is 6.08 Å². The summed E-state index contributed by atoms with van der Waals surface area (Å²) < 4.78 is 29.0. The van der Waals surface area contributed by atoms with Crippen molar-refractivity contribution in [2.24, 2.45) is 0 Å². The molecule has 0 heterocycles. The van der Waals surface area contributed by atoms with Crippen molar-refractivity contribution >= 4 is 11.8 Å². The van der Waals surface area contributed by atoms with Crippen molar-refractivity contribution < 1.29 is 28.2 Å². The predicted octanol–water partition coefficient (Wildman–Crippen LogP) is 3.42. The molecule has 142 valence electrons. The van der Waals surface area contributed by atoms with Gasteiger partial charge in [0.05, 0.1) is 0 Å². The minimum atomic E-state index is -0.661. The number of halogens is 1. The second-order valence-electron chi connectivity index (χ2n) is 5.31. The van der Waals surface area contributed by atoms with Crippen molar-refractivity contribution in [2.75, 3.05) is 13.4 Å². The molecule has 0 saturated carbocycles. The van der Waals surface area contributed by atoms with Gasteiger partial charge in [-0.25, -0.2) is 9.18 Å². The van der Waals surface area contributed by atoms with Crippen molar-refractivity contribution in [1.82, 2.24) is 0 Å². The number of benzene rings is 2. The first kappa shape index (κ1) is 20.5. The lowest BCUT2D eigenvalue weighted by atomic mass is 10.1. The standard InChI is InChI=1S/C22H17FO5/c1-3-18(24)14-26-19-10-7-16(8-11-19)5-6-17-9-12-21(20(23)13-17)27-15-28-22(25)4-2/h3-4,7-13H,1-2,14-15H2. The first-order valence-corrected chi connectivity index (χ1v) is 8.13.